The highest BCUT2D eigenvalue weighted by atomic mass is 19.1. The van der Waals surface area contributed by atoms with Gasteiger partial charge in [-0.3, -0.25) is 9.89 Å². The van der Waals surface area contributed by atoms with E-state index in [4.69, 9.17) is 4.74 Å². The molecule has 1 aliphatic rings. The highest BCUT2D eigenvalue weighted by Gasteiger charge is 2.17. The standard InChI is InChI=1S/C27H27F2N5O2/c1-17(19-13-20(28)15-21(29)14-19)36-23-7-8-25-24(16-23)26(32-31-25)30-27(35)18-3-5-22(6-4-18)34-11-9-33(2)10-12-34/h3-8,13-17H,9-12H2,1-2H3,(H2,30,31,32,35). The molecule has 0 aliphatic carbocycles. The van der Waals surface area contributed by atoms with Gasteiger partial charge < -0.3 is 19.9 Å². The van der Waals surface area contributed by atoms with Crippen molar-refractivity contribution in [3.63, 3.8) is 0 Å². The predicted molar refractivity (Wildman–Crippen MR) is 136 cm³/mol. The monoisotopic (exact) mass is 491 g/mol. The molecule has 36 heavy (non-hydrogen) atoms. The fourth-order valence-electron chi connectivity index (χ4n) is 4.31. The Kier molecular flexibility index (Phi) is 6.56. The second kappa shape index (κ2) is 9.94. The van der Waals surface area contributed by atoms with Crippen LogP contribution in [0.15, 0.2) is 60.7 Å². The minimum Gasteiger partial charge on any atom is -0.486 e. The van der Waals surface area contributed by atoms with Gasteiger partial charge in [0.25, 0.3) is 5.91 Å². The van der Waals surface area contributed by atoms with E-state index < -0.39 is 17.7 Å². The van der Waals surface area contributed by atoms with Gasteiger partial charge in [-0.05, 0) is 74.1 Å². The topological polar surface area (TPSA) is 73.5 Å². The van der Waals surface area contributed by atoms with Crippen LogP contribution in [0.1, 0.15) is 28.9 Å². The van der Waals surface area contributed by atoms with Crippen molar-refractivity contribution in [2.45, 2.75) is 13.0 Å². The number of carbonyl (C=O) groups excluding carboxylic acids is 1. The third kappa shape index (κ3) is 5.16. The van der Waals surface area contributed by atoms with Gasteiger partial charge in [0.05, 0.1) is 5.52 Å². The maximum absolute atomic E-state index is 13.6. The highest BCUT2D eigenvalue weighted by molar-refractivity contribution is 6.08. The van der Waals surface area contributed by atoms with Gasteiger partial charge >= 0.3 is 0 Å². The van der Waals surface area contributed by atoms with Gasteiger partial charge in [0.15, 0.2) is 5.82 Å². The number of piperazine rings is 1. The van der Waals surface area contributed by atoms with Crippen LogP contribution in [0.2, 0.25) is 0 Å². The molecule has 9 heteroatoms. The predicted octanol–water partition coefficient (Wildman–Crippen LogP) is 4.99. The molecule has 2 heterocycles. The number of H-pyrrole nitrogens is 1. The molecule has 5 rings (SSSR count). The lowest BCUT2D eigenvalue weighted by Gasteiger charge is -2.34. The number of nitrogens with one attached hydrogen (secondary N) is 2. The quantitative estimate of drug-likeness (QED) is 0.398. The second-order valence-corrected chi connectivity index (χ2v) is 9.03. The zero-order chi connectivity index (χ0) is 25.2. The molecule has 3 aromatic carbocycles. The van der Waals surface area contributed by atoms with E-state index in [2.05, 4.69) is 32.4 Å². The van der Waals surface area contributed by atoms with E-state index in [1.165, 1.54) is 12.1 Å². The molecule has 1 aliphatic heterocycles. The lowest BCUT2D eigenvalue weighted by atomic mass is 10.1. The van der Waals surface area contributed by atoms with Gasteiger partial charge in [-0.2, -0.15) is 5.10 Å². The number of hydrogen-bond acceptors (Lipinski definition) is 5. The number of amides is 1. The number of nitrogens with zero attached hydrogens (tertiary/aromatic N) is 3. The van der Waals surface area contributed by atoms with E-state index >= 15 is 0 Å². The number of likely N-dealkylation sites (N-methyl/N-ethyl adjacent to an activating group) is 1. The molecule has 1 aromatic heterocycles. The maximum Gasteiger partial charge on any atom is 0.256 e. The number of halogens is 2. The number of hydrogen-bond donors (Lipinski definition) is 2. The van der Waals surface area contributed by atoms with Crippen molar-refractivity contribution in [1.29, 1.82) is 0 Å². The molecule has 2 N–H and O–H groups in total. The van der Waals surface area contributed by atoms with E-state index in [0.29, 0.717) is 33.6 Å². The van der Waals surface area contributed by atoms with E-state index in [1.54, 1.807) is 25.1 Å². The number of ether oxygens (including phenoxy) is 1. The van der Waals surface area contributed by atoms with E-state index in [-0.39, 0.29) is 5.91 Å². The Hall–Kier alpha value is -3.98. The molecule has 0 spiro atoms. The largest absolute Gasteiger partial charge is 0.486 e. The summed E-state index contributed by atoms with van der Waals surface area (Å²) in [6.07, 6.45) is -0.587. The number of benzene rings is 3. The number of aromatic nitrogens is 2. The molecule has 1 unspecified atom stereocenters. The van der Waals surface area contributed by atoms with Crippen molar-refractivity contribution in [2.75, 3.05) is 43.4 Å². The van der Waals surface area contributed by atoms with Gasteiger partial charge in [-0.25, -0.2) is 8.78 Å². The third-order valence-electron chi connectivity index (χ3n) is 6.43. The molecule has 4 aromatic rings. The van der Waals surface area contributed by atoms with Crippen LogP contribution in [0.4, 0.5) is 20.3 Å². The number of aromatic amines is 1. The van der Waals surface area contributed by atoms with Crippen molar-refractivity contribution < 1.29 is 18.3 Å². The molecular weight excluding hydrogens is 464 g/mol. The Morgan fingerprint density at radius 1 is 1.00 bits per heavy atom. The van der Waals surface area contributed by atoms with Crippen LogP contribution in [-0.2, 0) is 0 Å². The maximum atomic E-state index is 13.6. The summed E-state index contributed by atoms with van der Waals surface area (Å²) < 4.78 is 33.1. The molecule has 1 amide bonds. The smallest absolute Gasteiger partial charge is 0.256 e. The molecule has 0 bridgehead atoms. The van der Waals surface area contributed by atoms with Gasteiger partial charge in [0, 0.05) is 48.9 Å². The molecule has 7 nitrogen and oxygen atoms in total. The summed E-state index contributed by atoms with van der Waals surface area (Å²) in [5.74, 6) is -0.746. The minimum absolute atomic E-state index is 0.275. The molecule has 0 saturated carbocycles. The molecular formula is C27H27F2N5O2. The highest BCUT2D eigenvalue weighted by Crippen LogP contribution is 2.29. The van der Waals surface area contributed by atoms with Gasteiger partial charge in [-0.1, -0.05) is 0 Å². The van der Waals surface area contributed by atoms with Crippen LogP contribution in [0.5, 0.6) is 5.75 Å². The number of fused-ring (bicyclic) bond motifs is 1. The van der Waals surface area contributed by atoms with Crippen LogP contribution in [0.3, 0.4) is 0 Å². The van der Waals surface area contributed by atoms with E-state index in [9.17, 15) is 13.6 Å². The fourth-order valence-corrected chi connectivity index (χ4v) is 4.31. The first-order valence-corrected chi connectivity index (χ1v) is 11.8. The van der Waals surface area contributed by atoms with Crippen molar-refractivity contribution in [1.82, 2.24) is 15.1 Å². The van der Waals surface area contributed by atoms with Crippen LogP contribution in [0.25, 0.3) is 10.9 Å². The summed E-state index contributed by atoms with van der Waals surface area (Å²) in [4.78, 5) is 17.5. The molecule has 186 valence electrons. The van der Waals surface area contributed by atoms with E-state index in [0.717, 1.165) is 37.9 Å². The van der Waals surface area contributed by atoms with E-state index in [1.807, 2.05) is 24.3 Å². The Balaban J connectivity index is 1.29. The number of rotatable bonds is 6. The molecule has 0 radical (unpaired) electrons. The van der Waals surface area contributed by atoms with Crippen molar-refractivity contribution in [3.8, 4) is 5.75 Å². The molecule has 1 saturated heterocycles. The summed E-state index contributed by atoms with van der Waals surface area (Å²) in [7, 11) is 2.12. The first kappa shape index (κ1) is 23.7. The van der Waals surface area contributed by atoms with Crippen molar-refractivity contribution >= 4 is 28.3 Å². The molecule has 1 atom stereocenters. The lowest BCUT2D eigenvalue weighted by Crippen LogP contribution is -2.44. The first-order valence-electron chi connectivity index (χ1n) is 11.8. The average Bonchev–Trinajstić information content (AvgIpc) is 3.26. The number of anilines is 2. The Morgan fingerprint density at radius 2 is 1.69 bits per heavy atom. The van der Waals surface area contributed by atoms with Gasteiger partial charge in [-0.15, -0.1) is 0 Å². The van der Waals surface area contributed by atoms with Crippen LogP contribution in [0, 0.1) is 11.6 Å². The SMILES string of the molecule is CC(Oc1ccc2[nH]nc(NC(=O)c3ccc(N4CCN(C)CC4)cc3)c2c1)c1cc(F)cc(F)c1. The van der Waals surface area contributed by atoms with Crippen LogP contribution < -0.4 is 15.0 Å². The lowest BCUT2D eigenvalue weighted by molar-refractivity contribution is 0.102. The zero-order valence-electron chi connectivity index (χ0n) is 20.1. The van der Waals surface area contributed by atoms with Gasteiger partial charge in [0.2, 0.25) is 0 Å². The Morgan fingerprint density at radius 3 is 2.39 bits per heavy atom. The third-order valence-corrected chi connectivity index (χ3v) is 6.43. The summed E-state index contributed by atoms with van der Waals surface area (Å²) >= 11 is 0. The summed E-state index contributed by atoms with van der Waals surface area (Å²) in [5, 5.41) is 10.7. The van der Waals surface area contributed by atoms with Crippen molar-refractivity contribution in [3.05, 3.63) is 83.4 Å². The van der Waals surface area contributed by atoms with Crippen molar-refractivity contribution in [2.24, 2.45) is 0 Å². The van der Waals surface area contributed by atoms with Crippen LogP contribution >= 0.6 is 0 Å². The summed E-state index contributed by atoms with van der Waals surface area (Å²) in [6.45, 7) is 5.65. The fraction of sp³-hybridized carbons (Fsp3) is 0.259. The minimum atomic E-state index is -0.660. The summed E-state index contributed by atoms with van der Waals surface area (Å²) in [6, 6.07) is 16.1. The van der Waals surface area contributed by atoms with Gasteiger partial charge in [0.1, 0.15) is 23.5 Å². The number of carbonyl (C=O) groups is 1. The second-order valence-electron chi connectivity index (χ2n) is 9.03. The normalized spacial score (nSPS) is 15.2. The van der Waals surface area contributed by atoms with Crippen LogP contribution in [-0.4, -0.2) is 54.2 Å². The zero-order valence-corrected chi connectivity index (χ0v) is 20.1. The average molecular weight is 492 g/mol. The molecule has 1 fully saturated rings. The Bertz CT molecular complexity index is 1360. The first-order chi connectivity index (χ1) is 17.4. The Labute approximate surface area is 207 Å². The summed E-state index contributed by atoms with van der Waals surface area (Å²) in [5.41, 5.74) is 2.72.